The Morgan fingerprint density at radius 3 is 3.00 bits per heavy atom. The Morgan fingerprint density at radius 1 is 1.47 bits per heavy atom. The molecule has 0 aliphatic heterocycles. The number of aryl methyl sites for hydroxylation is 1. The third kappa shape index (κ3) is 1.91. The maximum Gasteiger partial charge on any atom is 0.182 e. The van der Waals surface area contributed by atoms with Gasteiger partial charge in [-0.2, -0.15) is 0 Å². The van der Waals surface area contributed by atoms with Gasteiger partial charge in [0.25, 0.3) is 0 Å². The summed E-state index contributed by atoms with van der Waals surface area (Å²) in [5.74, 6) is 1.72. The predicted molar refractivity (Wildman–Crippen MR) is 64.8 cm³/mol. The van der Waals surface area contributed by atoms with Crippen molar-refractivity contribution in [2.75, 3.05) is 7.05 Å². The van der Waals surface area contributed by atoms with Gasteiger partial charge in [0.1, 0.15) is 5.82 Å². The molecule has 5 nitrogen and oxygen atoms in total. The van der Waals surface area contributed by atoms with Gasteiger partial charge in [0.15, 0.2) is 5.65 Å². The molecule has 0 spiro atoms. The first-order valence-corrected chi connectivity index (χ1v) is 6.12. The lowest BCUT2D eigenvalue weighted by Crippen LogP contribution is -2.30. The Kier molecular flexibility index (Phi) is 2.55. The van der Waals surface area contributed by atoms with Crippen molar-refractivity contribution in [3.05, 3.63) is 23.9 Å². The second kappa shape index (κ2) is 4.07. The first kappa shape index (κ1) is 10.7. The average molecular weight is 231 g/mol. The third-order valence-corrected chi connectivity index (χ3v) is 3.55. The van der Waals surface area contributed by atoms with Crippen molar-refractivity contribution in [2.24, 2.45) is 5.92 Å². The van der Waals surface area contributed by atoms with Gasteiger partial charge in [0.05, 0.1) is 5.69 Å². The minimum Gasteiger partial charge on any atom is -0.316 e. The lowest BCUT2D eigenvalue weighted by atomic mass is 10.1. The molecule has 0 amide bonds. The maximum atomic E-state index is 4.45. The molecule has 1 N–H and O–H groups in total. The van der Waals surface area contributed by atoms with Gasteiger partial charge in [-0.05, 0) is 32.7 Å². The zero-order valence-electron chi connectivity index (χ0n) is 10.2. The highest BCUT2D eigenvalue weighted by molar-refractivity contribution is 5.43. The first-order valence-electron chi connectivity index (χ1n) is 6.12. The minimum absolute atomic E-state index is 0.519. The van der Waals surface area contributed by atoms with E-state index in [0.29, 0.717) is 6.04 Å². The smallest absolute Gasteiger partial charge is 0.182 e. The summed E-state index contributed by atoms with van der Waals surface area (Å²) >= 11 is 0. The lowest BCUT2D eigenvalue weighted by Gasteiger charge is -2.14. The Labute approximate surface area is 100 Å². The van der Waals surface area contributed by atoms with Crippen molar-refractivity contribution in [1.82, 2.24) is 24.9 Å². The first-order chi connectivity index (χ1) is 8.29. The predicted octanol–water partition coefficient (Wildman–Crippen LogP) is 0.973. The van der Waals surface area contributed by atoms with Crippen LogP contribution in [0.5, 0.6) is 0 Å². The lowest BCUT2D eigenvalue weighted by molar-refractivity contribution is 0.496. The number of nitrogens with zero attached hydrogens (tertiary/aromatic N) is 4. The van der Waals surface area contributed by atoms with E-state index >= 15 is 0 Å². The van der Waals surface area contributed by atoms with Crippen LogP contribution in [0, 0.1) is 12.8 Å². The Hall–Kier alpha value is -1.49. The molecule has 3 rings (SSSR count). The molecule has 90 valence electrons. The second-order valence-electron chi connectivity index (χ2n) is 4.75. The maximum absolute atomic E-state index is 4.45. The topological polar surface area (TPSA) is 55.1 Å². The number of aromatic nitrogens is 4. The van der Waals surface area contributed by atoms with E-state index in [1.807, 2.05) is 30.8 Å². The summed E-state index contributed by atoms with van der Waals surface area (Å²) in [6, 6.07) is 0.519. The Bertz CT molecular complexity index is 529. The van der Waals surface area contributed by atoms with Crippen molar-refractivity contribution in [2.45, 2.75) is 32.2 Å². The van der Waals surface area contributed by atoms with Crippen LogP contribution in [0.15, 0.2) is 12.4 Å². The Morgan fingerprint density at radius 2 is 2.29 bits per heavy atom. The number of nitrogens with one attached hydrogen (secondary N) is 1. The van der Waals surface area contributed by atoms with Crippen molar-refractivity contribution in [3.63, 3.8) is 0 Å². The third-order valence-electron chi connectivity index (χ3n) is 3.55. The van der Waals surface area contributed by atoms with Gasteiger partial charge >= 0.3 is 0 Å². The summed E-state index contributed by atoms with van der Waals surface area (Å²) in [7, 11) is 2.03. The van der Waals surface area contributed by atoms with E-state index in [1.54, 1.807) is 0 Å². The second-order valence-corrected chi connectivity index (χ2v) is 4.75. The summed E-state index contributed by atoms with van der Waals surface area (Å²) < 4.78 is 2.00. The molecule has 0 aromatic carbocycles. The van der Waals surface area contributed by atoms with E-state index in [9.17, 15) is 0 Å². The fourth-order valence-electron chi connectivity index (χ4n) is 2.35. The molecule has 1 aliphatic carbocycles. The van der Waals surface area contributed by atoms with Crippen LogP contribution in [0.3, 0.4) is 0 Å². The van der Waals surface area contributed by atoms with Gasteiger partial charge in [-0.15, -0.1) is 10.2 Å². The zero-order valence-corrected chi connectivity index (χ0v) is 10.2. The SMILES string of the molecule is CNC(Cc1nccn2c(C)nnc12)C1CC1. The summed E-state index contributed by atoms with van der Waals surface area (Å²) in [5.41, 5.74) is 1.94. The highest BCUT2D eigenvalue weighted by atomic mass is 15.2. The summed E-state index contributed by atoms with van der Waals surface area (Å²) in [6.45, 7) is 1.96. The summed E-state index contributed by atoms with van der Waals surface area (Å²) in [6.07, 6.45) is 7.35. The summed E-state index contributed by atoms with van der Waals surface area (Å²) in [5, 5.41) is 11.7. The molecule has 1 fully saturated rings. The van der Waals surface area contributed by atoms with Gasteiger partial charge in [0, 0.05) is 24.9 Å². The molecule has 2 aromatic heterocycles. The number of hydrogen-bond donors (Lipinski definition) is 1. The summed E-state index contributed by atoms with van der Waals surface area (Å²) in [4.78, 5) is 4.45. The molecule has 1 saturated carbocycles. The number of rotatable bonds is 4. The van der Waals surface area contributed by atoms with Crippen LogP contribution in [0.25, 0.3) is 5.65 Å². The van der Waals surface area contributed by atoms with E-state index < -0.39 is 0 Å². The fraction of sp³-hybridized carbons (Fsp3) is 0.583. The van der Waals surface area contributed by atoms with E-state index in [-0.39, 0.29) is 0 Å². The number of likely N-dealkylation sites (N-methyl/N-ethyl adjacent to an activating group) is 1. The minimum atomic E-state index is 0.519. The molecule has 2 aromatic rings. The van der Waals surface area contributed by atoms with Crippen molar-refractivity contribution in [1.29, 1.82) is 0 Å². The van der Waals surface area contributed by atoms with E-state index in [0.717, 1.165) is 29.5 Å². The van der Waals surface area contributed by atoms with E-state index in [1.165, 1.54) is 12.8 Å². The fourth-order valence-corrected chi connectivity index (χ4v) is 2.35. The van der Waals surface area contributed by atoms with Gasteiger partial charge in [-0.1, -0.05) is 0 Å². The van der Waals surface area contributed by atoms with Gasteiger partial charge in [-0.3, -0.25) is 9.38 Å². The molecule has 1 aliphatic rings. The molecule has 17 heavy (non-hydrogen) atoms. The highest BCUT2D eigenvalue weighted by Crippen LogP contribution is 2.33. The average Bonchev–Trinajstić information content (AvgIpc) is 3.12. The van der Waals surface area contributed by atoms with Gasteiger partial charge < -0.3 is 5.32 Å². The standard InChI is InChI=1S/C12H17N5/c1-8-15-16-12-11(14-5-6-17(8)12)7-10(13-2)9-3-4-9/h5-6,9-10,13H,3-4,7H2,1-2H3. The van der Waals surface area contributed by atoms with Crippen LogP contribution in [0.1, 0.15) is 24.4 Å². The quantitative estimate of drug-likeness (QED) is 0.852. The molecule has 2 heterocycles. The van der Waals surface area contributed by atoms with Crippen molar-refractivity contribution < 1.29 is 0 Å². The molecule has 1 unspecified atom stereocenters. The number of hydrogen-bond acceptors (Lipinski definition) is 4. The van der Waals surface area contributed by atoms with Crippen molar-refractivity contribution >= 4 is 5.65 Å². The van der Waals surface area contributed by atoms with E-state index in [2.05, 4.69) is 20.5 Å². The molecule has 5 heteroatoms. The van der Waals surface area contributed by atoms with Crippen LogP contribution < -0.4 is 5.32 Å². The van der Waals surface area contributed by atoms with Crippen LogP contribution in [-0.2, 0) is 6.42 Å². The molecule has 0 saturated heterocycles. The number of fused-ring (bicyclic) bond motifs is 1. The zero-order chi connectivity index (χ0) is 11.8. The normalized spacial score (nSPS) is 17.5. The van der Waals surface area contributed by atoms with Gasteiger partial charge in [-0.25, -0.2) is 0 Å². The van der Waals surface area contributed by atoms with Crippen molar-refractivity contribution in [3.8, 4) is 0 Å². The van der Waals surface area contributed by atoms with Crippen LogP contribution in [0.4, 0.5) is 0 Å². The van der Waals surface area contributed by atoms with Crippen LogP contribution >= 0.6 is 0 Å². The molecule has 0 bridgehead atoms. The van der Waals surface area contributed by atoms with Crippen LogP contribution in [-0.4, -0.2) is 32.7 Å². The monoisotopic (exact) mass is 231 g/mol. The Balaban J connectivity index is 1.93. The highest BCUT2D eigenvalue weighted by Gasteiger charge is 2.31. The van der Waals surface area contributed by atoms with Gasteiger partial charge in [0.2, 0.25) is 0 Å². The molecule has 0 radical (unpaired) electrons. The largest absolute Gasteiger partial charge is 0.316 e. The molecule has 1 atom stereocenters. The van der Waals surface area contributed by atoms with E-state index in [4.69, 9.17) is 0 Å². The molecular weight excluding hydrogens is 214 g/mol. The molecular formula is C12H17N5. The van der Waals surface area contributed by atoms with Crippen LogP contribution in [0.2, 0.25) is 0 Å².